The first kappa shape index (κ1) is 16.4. The maximum Gasteiger partial charge on any atom is 0.263 e. The Morgan fingerprint density at radius 2 is 2.04 bits per heavy atom. The lowest BCUT2D eigenvalue weighted by molar-refractivity contribution is -0.128. The third kappa shape index (κ3) is 3.91. The van der Waals surface area contributed by atoms with Gasteiger partial charge >= 0.3 is 0 Å². The summed E-state index contributed by atoms with van der Waals surface area (Å²) in [6, 6.07) is -0.0691. The second kappa shape index (κ2) is 6.99. The molecule has 2 fully saturated rings. The molecule has 3 rings (SSSR count). The third-order valence-electron chi connectivity index (χ3n) is 4.86. The van der Waals surface area contributed by atoms with Crippen molar-refractivity contribution in [2.24, 2.45) is 5.92 Å². The van der Waals surface area contributed by atoms with Crippen LogP contribution in [0.5, 0.6) is 0 Å². The van der Waals surface area contributed by atoms with E-state index in [0.29, 0.717) is 23.8 Å². The van der Waals surface area contributed by atoms with Gasteiger partial charge in [-0.05, 0) is 32.6 Å². The summed E-state index contributed by atoms with van der Waals surface area (Å²) in [6.45, 7) is 5.27. The predicted octanol–water partition coefficient (Wildman–Crippen LogP) is 2.67. The average Bonchev–Trinajstić information content (AvgIpc) is 3.02. The van der Waals surface area contributed by atoms with Crippen LogP contribution in [0.25, 0.3) is 0 Å². The molecule has 1 atom stereocenters. The molecule has 0 radical (unpaired) electrons. The Balaban J connectivity index is 1.54. The number of nitrogens with one attached hydrogen (secondary N) is 1. The number of likely N-dealkylation sites (tertiary alicyclic amines) is 1. The Labute approximate surface area is 141 Å². The number of hydrogen-bond acceptors (Lipinski definition) is 4. The van der Waals surface area contributed by atoms with Crippen molar-refractivity contribution < 1.29 is 9.59 Å². The molecule has 1 unspecified atom stereocenters. The van der Waals surface area contributed by atoms with Crippen molar-refractivity contribution in [1.29, 1.82) is 0 Å². The zero-order valence-electron chi connectivity index (χ0n) is 13.9. The van der Waals surface area contributed by atoms with Crippen LogP contribution >= 0.6 is 11.3 Å². The van der Waals surface area contributed by atoms with Crippen molar-refractivity contribution in [3.63, 3.8) is 0 Å². The highest BCUT2D eigenvalue weighted by Crippen LogP contribution is 2.26. The molecule has 126 valence electrons. The number of thiazole rings is 1. The molecule has 0 bridgehead atoms. The Kier molecular flexibility index (Phi) is 4.99. The lowest BCUT2D eigenvalue weighted by atomic mass is 9.89. The van der Waals surface area contributed by atoms with Gasteiger partial charge in [0, 0.05) is 19.5 Å². The van der Waals surface area contributed by atoms with Gasteiger partial charge in [0.2, 0.25) is 5.91 Å². The summed E-state index contributed by atoms with van der Waals surface area (Å²) in [6.07, 6.45) is 6.81. The molecule has 1 N–H and O–H groups in total. The minimum Gasteiger partial charge on any atom is -0.346 e. The summed E-state index contributed by atoms with van der Waals surface area (Å²) >= 11 is 1.41. The van der Waals surface area contributed by atoms with Crippen LogP contribution in [0.15, 0.2) is 0 Å². The first-order valence-corrected chi connectivity index (χ1v) is 9.37. The monoisotopic (exact) mass is 335 g/mol. The molecule has 1 aromatic heterocycles. The standard InChI is InChI=1S/C17H25N3O2S/c1-11-16(23-12(2)18-11)17(22)19-14-8-15(21)20(10-14)9-13-6-4-3-5-7-13/h13-14H,3-10H2,1-2H3,(H,19,22). The van der Waals surface area contributed by atoms with Crippen molar-refractivity contribution in [2.45, 2.75) is 58.4 Å². The predicted molar refractivity (Wildman–Crippen MR) is 90.6 cm³/mol. The van der Waals surface area contributed by atoms with Gasteiger partial charge in [0.05, 0.1) is 16.7 Å². The van der Waals surface area contributed by atoms with Crippen molar-refractivity contribution in [2.75, 3.05) is 13.1 Å². The van der Waals surface area contributed by atoms with Gasteiger partial charge in [0.15, 0.2) is 0 Å². The largest absolute Gasteiger partial charge is 0.346 e. The second-order valence-electron chi connectivity index (χ2n) is 6.82. The first-order chi connectivity index (χ1) is 11.0. The van der Waals surface area contributed by atoms with Gasteiger partial charge in [0.25, 0.3) is 5.91 Å². The highest BCUT2D eigenvalue weighted by molar-refractivity contribution is 7.13. The smallest absolute Gasteiger partial charge is 0.263 e. The zero-order valence-corrected chi connectivity index (χ0v) is 14.7. The maximum absolute atomic E-state index is 12.4. The molecule has 0 spiro atoms. The van der Waals surface area contributed by atoms with Crippen LogP contribution in [0.2, 0.25) is 0 Å². The Morgan fingerprint density at radius 1 is 1.30 bits per heavy atom. The van der Waals surface area contributed by atoms with Crippen molar-refractivity contribution >= 4 is 23.2 Å². The third-order valence-corrected chi connectivity index (χ3v) is 5.93. The molecular weight excluding hydrogens is 310 g/mol. The zero-order chi connectivity index (χ0) is 16.4. The molecule has 1 aliphatic heterocycles. The fourth-order valence-electron chi connectivity index (χ4n) is 3.72. The molecule has 23 heavy (non-hydrogen) atoms. The van der Waals surface area contributed by atoms with Crippen molar-refractivity contribution in [3.8, 4) is 0 Å². The summed E-state index contributed by atoms with van der Waals surface area (Å²) in [5, 5.41) is 3.91. The minimum atomic E-state index is -0.0922. The molecule has 2 aliphatic rings. The summed E-state index contributed by atoms with van der Waals surface area (Å²) in [5.41, 5.74) is 0.772. The summed E-state index contributed by atoms with van der Waals surface area (Å²) in [5.74, 6) is 0.733. The molecule has 1 aromatic rings. The van der Waals surface area contributed by atoms with Crippen LogP contribution in [-0.2, 0) is 4.79 Å². The van der Waals surface area contributed by atoms with Crippen molar-refractivity contribution in [1.82, 2.24) is 15.2 Å². The summed E-state index contributed by atoms with van der Waals surface area (Å²) in [7, 11) is 0. The normalized spacial score (nSPS) is 22.6. The van der Waals surface area contributed by atoms with E-state index >= 15 is 0 Å². The first-order valence-electron chi connectivity index (χ1n) is 8.55. The Hall–Kier alpha value is -1.43. The number of rotatable bonds is 4. The van der Waals surface area contributed by atoms with Gasteiger partial charge in [-0.15, -0.1) is 11.3 Å². The van der Waals surface area contributed by atoms with E-state index in [4.69, 9.17) is 0 Å². The lowest BCUT2D eigenvalue weighted by Gasteiger charge is -2.27. The fourth-order valence-corrected chi connectivity index (χ4v) is 4.54. The molecule has 1 saturated heterocycles. The maximum atomic E-state index is 12.4. The molecule has 1 saturated carbocycles. The molecule has 5 nitrogen and oxygen atoms in total. The quantitative estimate of drug-likeness (QED) is 0.920. The van der Waals surface area contributed by atoms with Crippen LogP contribution in [0.1, 0.15) is 58.9 Å². The van der Waals surface area contributed by atoms with Gasteiger partial charge in [-0.25, -0.2) is 4.98 Å². The van der Waals surface area contributed by atoms with E-state index in [1.165, 1.54) is 43.4 Å². The van der Waals surface area contributed by atoms with Crippen molar-refractivity contribution in [3.05, 3.63) is 15.6 Å². The Morgan fingerprint density at radius 3 is 2.70 bits per heavy atom. The molecule has 0 aromatic carbocycles. The van der Waals surface area contributed by atoms with E-state index in [0.717, 1.165) is 17.2 Å². The fraction of sp³-hybridized carbons (Fsp3) is 0.706. The number of aryl methyl sites for hydroxylation is 2. The second-order valence-corrected chi connectivity index (χ2v) is 8.03. The van der Waals surface area contributed by atoms with Crippen LogP contribution in [0, 0.1) is 19.8 Å². The SMILES string of the molecule is Cc1nc(C)c(C(=O)NC2CC(=O)N(CC3CCCCC3)C2)s1. The van der Waals surface area contributed by atoms with Crippen LogP contribution in [0.4, 0.5) is 0 Å². The van der Waals surface area contributed by atoms with E-state index in [2.05, 4.69) is 10.3 Å². The van der Waals surface area contributed by atoms with Gasteiger partial charge in [-0.1, -0.05) is 19.3 Å². The number of hydrogen-bond donors (Lipinski definition) is 1. The number of carbonyl (C=O) groups is 2. The minimum absolute atomic E-state index is 0.0691. The number of carbonyl (C=O) groups excluding carboxylic acids is 2. The van der Waals surface area contributed by atoms with Gasteiger partial charge in [0.1, 0.15) is 4.88 Å². The van der Waals surface area contributed by atoms with E-state index in [1.807, 2.05) is 18.7 Å². The molecular formula is C17H25N3O2S. The highest BCUT2D eigenvalue weighted by Gasteiger charge is 2.32. The van der Waals surface area contributed by atoms with Gasteiger partial charge in [-0.3, -0.25) is 9.59 Å². The lowest BCUT2D eigenvalue weighted by Crippen LogP contribution is -2.38. The van der Waals surface area contributed by atoms with E-state index in [1.54, 1.807) is 0 Å². The van der Waals surface area contributed by atoms with E-state index in [-0.39, 0.29) is 17.9 Å². The molecule has 2 amide bonds. The Bertz CT molecular complexity index is 593. The van der Waals surface area contributed by atoms with Crippen LogP contribution < -0.4 is 5.32 Å². The molecule has 6 heteroatoms. The van der Waals surface area contributed by atoms with Crippen LogP contribution in [-0.4, -0.2) is 40.8 Å². The van der Waals surface area contributed by atoms with E-state index < -0.39 is 0 Å². The number of amides is 2. The van der Waals surface area contributed by atoms with Gasteiger partial charge in [-0.2, -0.15) is 0 Å². The number of aromatic nitrogens is 1. The molecule has 1 aliphatic carbocycles. The average molecular weight is 335 g/mol. The summed E-state index contributed by atoms with van der Waals surface area (Å²) < 4.78 is 0. The van der Waals surface area contributed by atoms with Crippen LogP contribution in [0.3, 0.4) is 0 Å². The van der Waals surface area contributed by atoms with E-state index in [9.17, 15) is 9.59 Å². The topological polar surface area (TPSA) is 62.3 Å². The highest BCUT2D eigenvalue weighted by atomic mass is 32.1. The summed E-state index contributed by atoms with van der Waals surface area (Å²) in [4.78, 5) is 31.5. The number of nitrogens with zero attached hydrogens (tertiary/aromatic N) is 2. The molecule has 2 heterocycles. The van der Waals surface area contributed by atoms with Gasteiger partial charge < -0.3 is 10.2 Å².